The fraction of sp³-hybridized carbons (Fsp3) is 0.636. The summed E-state index contributed by atoms with van der Waals surface area (Å²) >= 11 is 1.87. The van der Waals surface area contributed by atoms with E-state index < -0.39 is 0 Å². The van der Waals surface area contributed by atoms with Crippen molar-refractivity contribution in [2.24, 2.45) is 0 Å². The average molecular weight is 225 g/mol. The number of hydrogen-bond donors (Lipinski definition) is 1. The molecule has 0 saturated carbocycles. The summed E-state index contributed by atoms with van der Waals surface area (Å²) in [6, 6.07) is 1.96. The Morgan fingerprint density at radius 3 is 2.93 bits per heavy atom. The first-order valence-corrected chi connectivity index (χ1v) is 6.40. The Balaban J connectivity index is 2.50. The molecule has 0 spiro atoms. The highest BCUT2D eigenvalue weighted by Gasteiger charge is 2.01. The number of aromatic nitrogens is 2. The van der Waals surface area contributed by atoms with E-state index in [-0.39, 0.29) is 0 Å². The molecule has 0 aromatic carbocycles. The van der Waals surface area contributed by atoms with Gasteiger partial charge in [0.05, 0.1) is 11.4 Å². The number of thioether (sulfide) groups is 1. The molecule has 3 nitrogen and oxygen atoms in total. The summed E-state index contributed by atoms with van der Waals surface area (Å²) in [7, 11) is 0. The van der Waals surface area contributed by atoms with Crippen LogP contribution in [0.25, 0.3) is 0 Å². The van der Waals surface area contributed by atoms with E-state index in [1.54, 1.807) is 0 Å². The van der Waals surface area contributed by atoms with E-state index in [2.05, 4.69) is 36.1 Å². The minimum absolute atomic E-state index is 0.631. The van der Waals surface area contributed by atoms with Gasteiger partial charge in [0.1, 0.15) is 5.82 Å². The molecule has 0 bridgehead atoms. The molecule has 1 heterocycles. The van der Waals surface area contributed by atoms with Crippen molar-refractivity contribution in [3.63, 3.8) is 0 Å². The molecule has 0 unspecified atom stereocenters. The quantitative estimate of drug-likeness (QED) is 0.805. The van der Waals surface area contributed by atoms with E-state index in [1.807, 2.05) is 24.0 Å². The highest BCUT2D eigenvalue weighted by atomic mass is 32.2. The lowest BCUT2D eigenvalue weighted by atomic mass is 10.4. The molecule has 0 fully saturated rings. The van der Waals surface area contributed by atoms with E-state index in [1.165, 1.54) is 0 Å². The minimum atomic E-state index is 0.631. The van der Waals surface area contributed by atoms with E-state index in [0.29, 0.717) is 5.25 Å². The van der Waals surface area contributed by atoms with E-state index in [4.69, 9.17) is 0 Å². The Morgan fingerprint density at radius 1 is 1.47 bits per heavy atom. The maximum absolute atomic E-state index is 4.49. The van der Waals surface area contributed by atoms with Crippen molar-refractivity contribution in [3.8, 4) is 0 Å². The lowest BCUT2D eigenvalue weighted by Crippen LogP contribution is -2.13. The Morgan fingerprint density at radius 2 is 2.27 bits per heavy atom. The van der Waals surface area contributed by atoms with Crippen LogP contribution in [0, 0.1) is 0 Å². The predicted molar refractivity (Wildman–Crippen MR) is 65.8 cm³/mol. The third kappa shape index (κ3) is 5.14. The summed E-state index contributed by atoms with van der Waals surface area (Å²) in [6.45, 7) is 8.27. The summed E-state index contributed by atoms with van der Waals surface area (Å²) in [5.41, 5.74) is 1.08. The van der Waals surface area contributed by atoms with Crippen molar-refractivity contribution in [1.29, 1.82) is 0 Å². The average Bonchev–Trinajstić information content (AvgIpc) is 2.24. The molecule has 0 aliphatic heterocycles. The molecule has 0 amide bonds. The monoisotopic (exact) mass is 225 g/mol. The molecule has 0 aliphatic carbocycles. The summed E-state index contributed by atoms with van der Waals surface area (Å²) in [5.74, 6) is 1.83. The van der Waals surface area contributed by atoms with Crippen LogP contribution >= 0.6 is 11.8 Å². The van der Waals surface area contributed by atoms with Crippen LogP contribution in [0.2, 0.25) is 0 Å². The molecule has 84 valence electrons. The van der Waals surface area contributed by atoms with E-state index >= 15 is 0 Å². The largest absolute Gasteiger partial charge is 0.311 e. The topological polar surface area (TPSA) is 37.8 Å². The van der Waals surface area contributed by atoms with E-state index in [0.717, 1.165) is 30.4 Å². The van der Waals surface area contributed by atoms with Crippen LogP contribution in [-0.2, 0) is 12.3 Å². The molecule has 15 heavy (non-hydrogen) atoms. The molecule has 0 aliphatic rings. The van der Waals surface area contributed by atoms with Gasteiger partial charge in [0, 0.05) is 12.7 Å². The Hall–Kier alpha value is -0.610. The van der Waals surface area contributed by atoms with Gasteiger partial charge in [0.15, 0.2) is 0 Å². The number of rotatable bonds is 6. The summed E-state index contributed by atoms with van der Waals surface area (Å²) in [6.07, 6.45) is 1.84. The molecule has 1 aromatic heterocycles. The molecule has 0 saturated heterocycles. The van der Waals surface area contributed by atoms with Gasteiger partial charge in [-0.05, 0) is 17.9 Å². The summed E-state index contributed by atoms with van der Waals surface area (Å²) in [5, 5.41) is 3.89. The van der Waals surface area contributed by atoms with Crippen molar-refractivity contribution in [3.05, 3.63) is 23.8 Å². The number of hydrogen-bond acceptors (Lipinski definition) is 4. The van der Waals surface area contributed by atoms with Gasteiger partial charge in [0.2, 0.25) is 0 Å². The molecule has 1 rings (SSSR count). The second-order valence-electron chi connectivity index (χ2n) is 3.60. The van der Waals surface area contributed by atoms with Gasteiger partial charge >= 0.3 is 0 Å². The predicted octanol–water partition coefficient (Wildman–Crippen LogP) is 2.23. The molecule has 1 aromatic rings. The first-order chi connectivity index (χ1) is 7.22. The zero-order valence-electron chi connectivity index (χ0n) is 9.66. The van der Waals surface area contributed by atoms with Gasteiger partial charge in [-0.1, -0.05) is 20.8 Å². The number of nitrogens with one attached hydrogen (secondary N) is 1. The second-order valence-corrected chi connectivity index (χ2v) is 5.17. The fourth-order valence-electron chi connectivity index (χ4n) is 1.10. The molecule has 1 N–H and O–H groups in total. The van der Waals surface area contributed by atoms with Crippen molar-refractivity contribution in [2.75, 3.05) is 6.54 Å². The summed E-state index contributed by atoms with van der Waals surface area (Å²) < 4.78 is 0. The van der Waals surface area contributed by atoms with Crippen LogP contribution in [0.4, 0.5) is 0 Å². The third-order valence-corrected chi connectivity index (χ3v) is 2.96. The van der Waals surface area contributed by atoms with E-state index in [9.17, 15) is 0 Å². The smallest absolute Gasteiger partial charge is 0.138 e. The maximum Gasteiger partial charge on any atom is 0.138 e. The molecule has 4 heteroatoms. The third-order valence-electron chi connectivity index (χ3n) is 1.87. The standard InChI is InChI=1S/C11H19N3S/c1-4-12-7-10-5-6-13-11(14-10)8-15-9(2)3/h5-6,9,12H,4,7-8H2,1-3H3. The van der Waals surface area contributed by atoms with Crippen LogP contribution in [0.3, 0.4) is 0 Å². The molecular weight excluding hydrogens is 206 g/mol. The molecule has 0 radical (unpaired) electrons. The number of nitrogens with zero attached hydrogens (tertiary/aromatic N) is 2. The Bertz CT molecular complexity index is 289. The zero-order chi connectivity index (χ0) is 11.1. The molecule has 0 atom stereocenters. The van der Waals surface area contributed by atoms with Crippen LogP contribution in [0.15, 0.2) is 12.3 Å². The van der Waals surface area contributed by atoms with Crippen molar-refractivity contribution in [2.45, 2.75) is 38.3 Å². The van der Waals surface area contributed by atoms with Crippen LogP contribution in [0.5, 0.6) is 0 Å². The van der Waals surface area contributed by atoms with Crippen LogP contribution < -0.4 is 5.32 Å². The van der Waals surface area contributed by atoms with Crippen molar-refractivity contribution in [1.82, 2.24) is 15.3 Å². The minimum Gasteiger partial charge on any atom is -0.311 e. The van der Waals surface area contributed by atoms with Gasteiger partial charge in [-0.15, -0.1) is 0 Å². The maximum atomic E-state index is 4.49. The SMILES string of the molecule is CCNCc1ccnc(CSC(C)C)n1. The van der Waals surface area contributed by atoms with Gasteiger partial charge in [-0.2, -0.15) is 11.8 Å². The first-order valence-electron chi connectivity index (χ1n) is 5.35. The summed E-state index contributed by atoms with van der Waals surface area (Å²) in [4.78, 5) is 8.75. The van der Waals surface area contributed by atoms with Gasteiger partial charge in [-0.3, -0.25) is 0 Å². The fourth-order valence-corrected chi connectivity index (χ4v) is 1.73. The first kappa shape index (κ1) is 12.5. The van der Waals surface area contributed by atoms with Crippen molar-refractivity contribution < 1.29 is 0 Å². The van der Waals surface area contributed by atoms with Crippen LogP contribution in [0.1, 0.15) is 32.3 Å². The Kier molecular flexibility index (Phi) is 5.65. The normalized spacial score (nSPS) is 10.9. The lowest BCUT2D eigenvalue weighted by Gasteiger charge is -2.05. The second kappa shape index (κ2) is 6.80. The van der Waals surface area contributed by atoms with Gasteiger partial charge in [-0.25, -0.2) is 9.97 Å². The highest BCUT2D eigenvalue weighted by Crippen LogP contribution is 2.14. The zero-order valence-corrected chi connectivity index (χ0v) is 10.5. The molecular formula is C11H19N3S. The van der Waals surface area contributed by atoms with Gasteiger partial charge in [0.25, 0.3) is 0 Å². The Labute approximate surface area is 96.1 Å². The van der Waals surface area contributed by atoms with Gasteiger partial charge < -0.3 is 5.32 Å². The highest BCUT2D eigenvalue weighted by molar-refractivity contribution is 7.99. The van der Waals surface area contributed by atoms with Crippen molar-refractivity contribution >= 4 is 11.8 Å². The van der Waals surface area contributed by atoms with Crippen LogP contribution in [-0.4, -0.2) is 21.8 Å². The lowest BCUT2D eigenvalue weighted by molar-refractivity contribution is 0.704.